The van der Waals surface area contributed by atoms with Crippen LogP contribution in [0.3, 0.4) is 0 Å². The number of hydrogen-bond donors (Lipinski definition) is 1. The first kappa shape index (κ1) is 40.8. The Hall–Kier alpha value is -1.37. The predicted molar refractivity (Wildman–Crippen MR) is 155 cm³/mol. The van der Waals surface area contributed by atoms with Gasteiger partial charge in [0.2, 0.25) is 0 Å². The summed E-state index contributed by atoms with van der Waals surface area (Å²) in [6.07, 6.45) is 4.44. The molecular formula is C30H47BrMgN2O. The molecule has 192 valence electrons. The van der Waals surface area contributed by atoms with Crippen LogP contribution in [0.1, 0.15) is 59.1 Å². The van der Waals surface area contributed by atoms with E-state index in [9.17, 15) is 0 Å². The third-order valence-corrected chi connectivity index (χ3v) is 4.10. The summed E-state index contributed by atoms with van der Waals surface area (Å²) in [5.41, 5.74) is 3.87. The van der Waals surface area contributed by atoms with Crippen molar-refractivity contribution in [3.05, 3.63) is 104 Å². The Balaban J connectivity index is -0.000000205. The van der Waals surface area contributed by atoms with Crippen molar-refractivity contribution in [1.82, 2.24) is 5.32 Å². The number of halogens is 1. The number of hydrogen-bond acceptors (Lipinski definition) is 3. The van der Waals surface area contributed by atoms with Gasteiger partial charge in [-0.25, -0.2) is 19.6 Å². The van der Waals surface area contributed by atoms with Crippen LogP contribution in [0.4, 0.5) is 0 Å². The molecule has 0 unspecified atom stereocenters. The molecule has 0 saturated heterocycles. The fraction of sp³-hybridized carbons (Fsp3) is 0.400. The van der Waals surface area contributed by atoms with Crippen LogP contribution in [0.5, 0.6) is 0 Å². The molecule has 0 aliphatic rings. The van der Waals surface area contributed by atoms with Gasteiger partial charge >= 0.3 is 23.1 Å². The first-order chi connectivity index (χ1) is 15.8. The number of benzene rings is 2. The smallest absolute Gasteiger partial charge is 1.00 e. The van der Waals surface area contributed by atoms with E-state index in [2.05, 4.69) is 80.6 Å². The third kappa shape index (κ3) is 30.6. The first-order valence-corrected chi connectivity index (χ1v) is 11.6. The molecule has 5 heteroatoms. The van der Waals surface area contributed by atoms with Gasteiger partial charge in [-0.1, -0.05) is 66.7 Å². The van der Waals surface area contributed by atoms with Crippen molar-refractivity contribution in [1.29, 1.82) is 0 Å². The average Bonchev–Trinajstić information content (AvgIpc) is 2.80. The number of nitrogens with zero attached hydrogens (tertiary/aromatic N) is 1. The van der Waals surface area contributed by atoms with Crippen molar-refractivity contribution in [2.24, 2.45) is 4.99 Å². The molecule has 0 fully saturated rings. The SMILES string of the molecule is C=CCC(C)(C)NCc1ccccc1.C=C[CH2-].CC(C)=NCc1ccccc1.CCOCC.[Br-].[Mg+2]. The van der Waals surface area contributed by atoms with E-state index in [1.807, 2.05) is 58.0 Å². The molecule has 1 N–H and O–H groups in total. The summed E-state index contributed by atoms with van der Waals surface area (Å²) in [7, 11) is 0. The number of allylic oxidation sites excluding steroid dienone is 1. The molecule has 3 nitrogen and oxygen atoms in total. The maximum Gasteiger partial charge on any atom is 2.00 e. The Morgan fingerprint density at radius 2 is 1.37 bits per heavy atom. The van der Waals surface area contributed by atoms with Crippen molar-refractivity contribution < 1.29 is 21.7 Å². The van der Waals surface area contributed by atoms with E-state index in [0.29, 0.717) is 0 Å². The third-order valence-electron chi connectivity index (χ3n) is 4.10. The van der Waals surface area contributed by atoms with Crippen molar-refractivity contribution in [2.45, 2.75) is 66.6 Å². The summed E-state index contributed by atoms with van der Waals surface area (Å²) < 4.78 is 4.83. The summed E-state index contributed by atoms with van der Waals surface area (Å²) in [5, 5.41) is 3.50. The number of rotatable bonds is 9. The predicted octanol–water partition coefficient (Wildman–Crippen LogP) is 4.47. The second-order valence-corrected chi connectivity index (χ2v) is 8.04. The molecule has 0 amide bonds. The van der Waals surface area contributed by atoms with E-state index in [4.69, 9.17) is 4.74 Å². The van der Waals surface area contributed by atoms with Gasteiger partial charge in [0.05, 0.1) is 6.54 Å². The van der Waals surface area contributed by atoms with Gasteiger partial charge in [-0.3, -0.25) is 4.99 Å². The Labute approximate surface area is 243 Å². The Kier molecular flexibility index (Phi) is 33.6. The van der Waals surface area contributed by atoms with Gasteiger partial charge in [0.15, 0.2) is 0 Å². The second kappa shape index (κ2) is 28.9. The van der Waals surface area contributed by atoms with Crippen molar-refractivity contribution in [2.75, 3.05) is 13.2 Å². The topological polar surface area (TPSA) is 33.6 Å². The van der Waals surface area contributed by atoms with Gasteiger partial charge < -0.3 is 27.0 Å². The van der Waals surface area contributed by atoms with Crippen LogP contribution < -0.4 is 22.3 Å². The van der Waals surface area contributed by atoms with Crippen LogP contribution in [-0.2, 0) is 17.8 Å². The van der Waals surface area contributed by atoms with Gasteiger partial charge in [0.25, 0.3) is 0 Å². The molecule has 0 aromatic heterocycles. The molecule has 0 atom stereocenters. The Morgan fingerprint density at radius 1 is 0.943 bits per heavy atom. The van der Waals surface area contributed by atoms with Crippen LogP contribution in [0.15, 0.2) is 91.0 Å². The Bertz CT molecular complexity index is 729. The van der Waals surface area contributed by atoms with Gasteiger partial charge in [-0.2, -0.15) is 0 Å². The first-order valence-electron chi connectivity index (χ1n) is 11.6. The minimum absolute atomic E-state index is 0. The standard InChI is InChI=1S/C13H19N.C10H13N.C4H10O.C3H5.BrH.Mg/c1-4-10-13(2,3)14-11-12-8-6-5-7-9-12;1-9(2)11-8-10-6-4-3-5-7-10;1-3-5-4-2;1-3-2;;/h4-9,14H,1,10-11H2,2-3H3;3-7H,8H2,1-2H3;3-4H2,1-2H3;3H,1-2H2;1H;/q;;;-1;;+2/p-1. The molecule has 35 heavy (non-hydrogen) atoms. The van der Waals surface area contributed by atoms with Crippen molar-refractivity contribution in [3.63, 3.8) is 0 Å². The van der Waals surface area contributed by atoms with Crippen LogP contribution >= 0.6 is 0 Å². The fourth-order valence-corrected chi connectivity index (χ4v) is 2.41. The van der Waals surface area contributed by atoms with Crippen LogP contribution in [-0.4, -0.2) is 47.5 Å². The molecule has 0 radical (unpaired) electrons. The Morgan fingerprint density at radius 3 is 1.71 bits per heavy atom. The molecule has 2 aromatic carbocycles. The van der Waals surface area contributed by atoms with Crippen LogP contribution in [0, 0.1) is 6.92 Å². The zero-order valence-corrected chi connectivity index (χ0v) is 26.0. The fourth-order valence-electron chi connectivity index (χ4n) is 2.41. The van der Waals surface area contributed by atoms with Gasteiger partial charge in [0.1, 0.15) is 0 Å². The number of nitrogens with one attached hydrogen (secondary N) is 1. The average molecular weight is 556 g/mol. The molecule has 2 rings (SSSR count). The van der Waals surface area contributed by atoms with Crippen molar-refractivity contribution >= 4 is 28.8 Å². The minimum Gasteiger partial charge on any atom is -1.00 e. The summed E-state index contributed by atoms with van der Waals surface area (Å²) in [6.45, 7) is 26.1. The van der Waals surface area contributed by atoms with E-state index in [0.717, 1.165) is 38.4 Å². The molecule has 0 heterocycles. The van der Waals surface area contributed by atoms with Crippen LogP contribution in [0.25, 0.3) is 0 Å². The second-order valence-electron chi connectivity index (χ2n) is 8.04. The van der Waals surface area contributed by atoms with Gasteiger partial charge in [-0.05, 0) is 59.1 Å². The summed E-state index contributed by atoms with van der Waals surface area (Å²) >= 11 is 0. The molecule has 0 aliphatic heterocycles. The van der Waals surface area contributed by atoms with E-state index in [-0.39, 0.29) is 45.6 Å². The quantitative estimate of drug-likeness (QED) is 0.214. The molecular weight excluding hydrogens is 509 g/mol. The summed E-state index contributed by atoms with van der Waals surface area (Å²) in [5.74, 6) is 0. The molecule has 0 aliphatic carbocycles. The summed E-state index contributed by atoms with van der Waals surface area (Å²) in [4.78, 5) is 4.31. The van der Waals surface area contributed by atoms with E-state index in [1.54, 1.807) is 0 Å². The van der Waals surface area contributed by atoms with Crippen molar-refractivity contribution in [3.8, 4) is 0 Å². The summed E-state index contributed by atoms with van der Waals surface area (Å²) in [6, 6.07) is 20.7. The monoisotopic (exact) mass is 554 g/mol. The maximum absolute atomic E-state index is 4.83. The molecule has 0 spiro atoms. The molecule has 2 aromatic rings. The molecule has 0 saturated carbocycles. The van der Waals surface area contributed by atoms with Gasteiger partial charge in [0, 0.05) is 31.0 Å². The zero-order chi connectivity index (χ0) is 25.4. The normalized spacial score (nSPS) is 8.97. The number of aliphatic imine (C=N–C) groups is 1. The van der Waals surface area contributed by atoms with Crippen LogP contribution in [0.2, 0.25) is 0 Å². The van der Waals surface area contributed by atoms with E-state index in [1.165, 1.54) is 17.2 Å². The molecule has 0 bridgehead atoms. The largest absolute Gasteiger partial charge is 2.00 e. The minimum atomic E-state index is 0. The zero-order valence-electron chi connectivity index (χ0n) is 23.0. The van der Waals surface area contributed by atoms with E-state index < -0.39 is 0 Å². The van der Waals surface area contributed by atoms with E-state index >= 15 is 0 Å². The number of ether oxygens (including phenoxy) is 1. The van der Waals surface area contributed by atoms with Gasteiger partial charge in [-0.15, -0.1) is 6.58 Å². The maximum atomic E-state index is 4.83.